The van der Waals surface area contributed by atoms with Gasteiger partial charge in [0.1, 0.15) is 0 Å². The molecule has 0 atom stereocenters. The summed E-state index contributed by atoms with van der Waals surface area (Å²) in [5, 5.41) is 3.74. The van der Waals surface area contributed by atoms with E-state index in [1.807, 2.05) is 13.8 Å². The van der Waals surface area contributed by atoms with Crippen molar-refractivity contribution in [3.05, 3.63) is 40.0 Å². The van der Waals surface area contributed by atoms with Gasteiger partial charge < -0.3 is 9.26 Å². The highest BCUT2D eigenvalue weighted by atomic mass is 79.9. The van der Waals surface area contributed by atoms with Crippen molar-refractivity contribution < 1.29 is 18.0 Å². The number of hydrogen-bond acceptors (Lipinski definition) is 4. The molecule has 19 heavy (non-hydrogen) atoms. The monoisotopic (exact) mass is 332 g/mol. The molecule has 0 N–H and O–H groups in total. The molecule has 0 amide bonds. The lowest BCUT2D eigenvalue weighted by Gasteiger charge is -2.05. The fourth-order valence-corrected chi connectivity index (χ4v) is 1.75. The van der Waals surface area contributed by atoms with Gasteiger partial charge in [0.2, 0.25) is 5.82 Å². The summed E-state index contributed by atoms with van der Waals surface area (Å²) in [4.78, 5) is 4.07. The van der Waals surface area contributed by atoms with E-state index in [0.29, 0.717) is 10.3 Å². The van der Waals surface area contributed by atoms with Gasteiger partial charge in [-0.25, -0.2) is 4.39 Å². The van der Waals surface area contributed by atoms with Gasteiger partial charge in [-0.05, 0) is 12.1 Å². The SMILES string of the molecule is CC(C)c1noc(COc2cc(Br)cc(F)c2F)n1. The smallest absolute Gasteiger partial charge is 0.264 e. The van der Waals surface area contributed by atoms with Crippen LogP contribution >= 0.6 is 15.9 Å². The van der Waals surface area contributed by atoms with E-state index in [1.165, 1.54) is 6.07 Å². The predicted molar refractivity (Wildman–Crippen MR) is 66.8 cm³/mol. The minimum Gasteiger partial charge on any atom is -0.481 e. The van der Waals surface area contributed by atoms with Gasteiger partial charge in [0.05, 0.1) is 0 Å². The van der Waals surface area contributed by atoms with Crippen LogP contribution < -0.4 is 4.74 Å². The highest BCUT2D eigenvalue weighted by Gasteiger charge is 2.14. The second-order valence-corrected chi connectivity index (χ2v) is 5.11. The Morgan fingerprint density at radius 2 is 2.11 bits per heavy atom. The Morgan fingerprint density at radius 1 is 1.37 bits per heavy atom. The molecule has 0 fully saturated rings. The zero-order chi connectivity index (χ0) is 14.0. The second kappa shape index (κ2) is 5.64. The summed E-state index contributed by atoms with van der Waals surface area (Å²) in [7, 11) is 0. The summed E-state index contributed by atoms with van der Waals surface area (Å²) >= 11 is 3.06. The maximum absolute atomic E-state index is 13.4. The molecular formula is C12H11BrF2N2O2. The molecule has 0 saturated heterocycles. The molecular weight excluding hydrogens is 322 g/mol. The standard InChI is InChI=1S/C12H11BrF2N2O2/c1-6(2)12-16-10(19-17-12)5-18-9-4-7(13)3-8(14)11(9)15/h3-4,6H,5H2,1-2H3. The molecule has 0 spiro atoms. The van der Waals surface area contributed by atoms with Crippen LogP contribution in [0.5, 0.6) is 5.75 Å². The molecule has 1 aromatic carbocycles. The van der Waals surface area contributed by atoms with Crippen molar-refractivity contribution in [2.24, 2.45) is 0 Å². The minimum absolute atomic E-state index is 0.119. The minimum atomic E-state index is -1.05. The molecule has 0 radical (unpaired) electrons. The van der Waals surface area contributed by atoms with Crippen LogP contribution in [0.4, 0.5) is 8.78 Å². The fraction of sp³-hybridized carbons (Fsp3) is 0.333. The fourth-order valence-electron chi connectivity index (χ4n) is 1.34. The van der Waals surface area contributed by atoms with Crippen molar-refractivity contribution in [3.63, 3.8) is 0 Å². The quantitative estimate of drug-likeness (QED) is 0.799. The van der Waals surface area contributed by atoms with Gasteiger partial charge in [0, 0.05) is 10.4 Å². The molecule has 2 aromatic rings. The van der Waals surface area contributed by atoms with E-state index in [4.69, 9.17) is 9.26 Å². The van der Waals surface area contributed by atoms with E-state index in [1.54, 1.807) is 0 Å². The van der Waals surface area contributed by atoms with E-state index >= 15 is 0 Å². The summed E-state index contributed by atoms with van der Waals surface area (Å²) < 4.78 is 37.0. The highest BCUT2D eigenvalue weighted by Crippen LogP contribution is 2.26. The van der Waals surface area contributed by atoms with Gasteiger partial charge in [-0.2, -0.15) is 9.37 Å². The first-order chi connectivity index (χ1) is 8.97. The topological polar surface area (TPSA) is 48.2 Å². The van der Waals surface area contributed by atoms with E-state index in [9.17, 15) is 8.78 Å². The van der Waals surface area contributed by atoms with Crippen molar-refractivity contribution in [1.29, 1.82) is 0 Å². The molecule has 0 aliphatic rings. The van der Waals surface area contributed by atoms with Gasteiger partial charge in [-0.3, -0.25) is 0 Å². The van der Waals surface area contributed by atoms with E-state index in [-0.39, 0.29) is 24.2 Å². The lowest BCUT2D eigenvalue weighted by Crippen LogP contribution is -2.00. The maximum Gasteiger partial charge on any atom is 0.264 e. The molecule has 7 heteroatoms. The van der Waals surface area contributed by atoms with Crippen LogP contribution in [0.3, 0.4) is 0 Å². The van der Waals surface area contributed by atoms with Crippen molar-refractivity contribution in [3.8, 4) is 5.75 Å². The maximum atomic E-state index is 13.4. The third-order valence-electron chi connectivity index (χ3n) is 2.31. The van der Waals surface area contributed by atoms with Crippen LogP contribution in [-0.4, -0.2) is 10.1 Å². The van der Waals surface area contributed by atoms with Crippen molar-refractivity contribution in [2.45, 2.75) is 26.4 Å². The molecule has 0 unspecified atom stereocenters. The third kappa shape index (κ3) is 3.28. The lowest BCUT2D eigenvalue weighted by atomic mass is 10.2. The molecule has 0 saturated carbocycles. The number of benzene rings is 1. The van der Waals surface area contributed by atoms with Crippen LogP contribution in [0.25, 0.3) is 0 Å². The molecule has 0 aliphatic heterocycles. The van der Waals surface area contributed by atoms with Gasteiger partial charge in [0.25, 0.3) is 5.89 Å². The van der Waals surface area contributed by atoms with Gasteiger partial charge in [-0.15, -0.1) is 0 Å². The summed E-state index contributed by atoms with van der Waals surface area (Å²) in [6, 6.07) is 2.35. The summed E-state index contributed by atoms with van der Waals surface area (Å²) in [5.41, 5.74) is 0. The zero-order valence-electron chi connectivity index (χ0n) is 10.3. The van der Waals surface area contributed by atoms with Crippen molar-refractivity contribution in [1.82, 2.24) is 10.1 Å². The van der Waals surface area contributed by atoms with Crippen molar-refractivity contribution in [2.75, 3.05) is 0 Å². The number of ether oxygens (including phenoxy) is 1. The van der Waals surface area contributed by atoms with Crippen LogP contribution in [0.15, 0.2) is 21.1 Å². The van der Waals surface area contributed by atoms with E-state index < -0.39 is 11.6 Å². The first-order valence-electron chi connectivity index (χ1n) is 5.57. The zero-order valence-corrected chi connectivity index (χ0v) is 11.9. The number of aromatic nitrogens is 2. The molecule has 2 rings (SSSR count). The second-order valence-electron chi connectivity index (χ2n) is 4.19. The first-order valence-corrected chi connectivity index (χ1v) is 6.36. The summed E-state index contributed by atoms with van der Waals surface area (Å²) in [6.07, 6.45) is 0. The molecule has 102 valence electrons. The van der Waals surface area contributed by atoms with Crippen LogP contribution in [-0.2, 0) is 6.61 Å². The average Bonchev–Trinajstić information content (AvgIpc) is 2.81. The number of rotatable bonds is 4. The summed E-state index contributed by atoms with van der Waals surface area (Å²) in [6.45, 7) is 3.71. The van der Waals surface area contributed by atoms with Gasteiger partial charge >= 0.3 is 0 Å². The average molecular weight is 333 g/mol. The van der Waals surface area contributed by atoms with Gasteiger partial charge in [-0.1, -0.05) is 34.9 Å². The Hall–Kier alpha value is -1.50. The van der Waals surface area contributed by atoms with Crippen LogP contribution in [0.1, 0.15) is 31.5 Å². The van der Waals surface area contributed by atoms with Crippen LogP contribution in [0, 0.1) is 11.6 Å². The van der Waals surface area contributed by atoms with Crippen molar-refractivity contribution >= 4 is 15.9 Å². The largest absolute Gasteiger partial charge is 0.481 e. The summed E-state index contributed by atoms with van der Waals surface area (Å²) in [5.74, 6) is -1.37. The van der Waals surface area contributed by atoms with Gasteiger partial charge in [0.15, 0.2) is 24.0 Å². The first kappa shape index (κ1) is 13.9. The Bertz CT molecular complexity index is 587. The molecule has 0 aliphatic carbocycles. The Morgan fingerprint density at radius 3 is 2.74 bits per heavy atom. The van der Waals surface area contributed by atoms with E-state index in [2.05, 4.69) is 26.1 Å². The van der Waals surface area contributed by atoms with Crippen LogP contribution in [0.2, 0.25) is 0 Å². The molecule has 1 heterocycles. The molecule has 0 bridgehead atoms. The molecule has 1 aromatic heterocycles. The predicted octanol–water partition coefficient (Wildman–Crippen LogP) is 3.81. The third-order valence-corrected chi connectivity index (χ3v) is 2.77. The Balaban J connectivity index is 2.10. The molecule has 4 nitrogen and oxygen atoms in total. The highest BCUT2D eigenvalue weighted by molar-refractivity contribution is 9.10. The van der Waals surface area contributed by atoms with E-state index in [0.717, 1.165) is 6.07 Å². The number of nitrogens with zero attached hydrogens (tertiary/aromatic N) is 2. The Kier molecular flexibility index (Phi) is 4.14. The number of halogens is 3. The number of hydrogen-bond donors (Lipinski definition) is 0. The normalized spacial score (nSPS) is 11.1. The Labute approximate surface area is 116 Å². The lowest BCUT2D eigenvalue weighted by molar-refractivity contribution is 0.231.